The molecule has 0 aliphatic rings. The molecule has 0 aromatic heterocycles. The highest BCUT2D eigenvalue weighted by Gasteiger charge is 2.21. The van der Waals surface area contributed by atoms with E-state index in [2.05, 4.69) is 71.9 Å². The van der Waals surface area contributed by atoms with E-state index >= 15 is 0 Å². The molecule has 0 radical (unpaired) electrons. The Bertz CT molecular complexity index is 320. The summed E-state index contributed by atoms with van der Waals surface area (Å²) in [5.74, 6) is 3.87. The monoisotopic (exact) mass is 260 g/mol. The summed E-state index contributed by atoms with van der Waals surface area (Å²) in [6.45, 7) is 14.2. The molecule has 0 heterocycles. The maximum Gasteiger partial charge on any atom is -0.0157 e. The van der Waals surface area contributed by atoms with Gasteiger partial charge in [0.15, 0.2) is 0 Å². The van der Waals surface area contributed by atoms with Crippen LogP contribution in [0.15, 0.2) is 30.3 Å². The summed E-state index contributed by atoms with van der Waals surface area (Å²) in [7, 11) is 0. The van der Waals surface area contributed by atoms with Crippen molar-refractivity contribution >= 4 is 0 Å². The fourth-order valence-corrected chi connectivity index (χ4v) is 2.54. The molecule has 1 rings (SSSR count). The van der Waals surface area contributed by atoms with Crippen molar-refractivity contribution in [2.45, 2.75) is 60.3 Å². The van der Waals surface area contributed by atoms with Crippen LogP contribution < -0.4 is 0 Å². The molecule has 108 valence electrons. The highest BCUT2D eigenvalue weighted by molar-refractivity contribution is 5.19. The third-order valence-corrected chi connectivity index (χ3v) is 4.86. The van der Waals surface area contributed by atoms with E-state index in [9.17, 15) is 0 Å². The van der Waals surface area contributed by atoms with Crippen molar-refractivity contribution in [1.29, 1.82) is 0 Å². The van der Waals surface area contributed by atoms with E-state index in [0.29, 0.717) is 0 Å². The lowest BCUT2D eigenvalue weighted by Gasteiger charge is -2.27. The standard InChI is InChI=1S/C19H32/c1-14(2)16(5)12-19(13-17(6)15(3)4)18-10-8-7-9-11-18/h7-11,14-17,19H,12-13H2,1-6H3/t16-,17+,19?. The van der Waals surface area contributed by atoms with E-state index in [1.807, 2.05) is 0 Å². The molecule has 0 spiro atoms. The number of hydrogen-bond donors (Lipinski definition) is 0. The molecule has 1 aromatic carbocycles. The van der Waals surface area contributed by atoms with Crippen LogP contribution in [0.4, 0.5) is 0 Å². The Hall–Kier alpha value is -0.780. The Morgan fingerprint density at radius 2 is 1.11 bits per heavy atom. The molecule has 0 nitrogen and oxygen atoms in total. The summed E-state index contributed by atoms with van der Waals surface area (Å²) < 4.78 is 0. The quantitative estimate of drug-likeness (QED) is 0.553. The first kappa shape index (κ1) is 16.3. The Kier molecular flexibility index (Phi) is 6.62. The van der Waals surface area contributed by atoms with Crippen LogP contribution in [0.25, 0.3) is 0 Å². The highest BCUT2D eigenvalue weighted by Crippen LogP contribution is 2.34. The minimum absolute atomic E-state index is 0.719. The molecular formula is C19H32. The number of benzene rings is 1. The second-order valence-corrected chi connectivity index (χ2v) is 7.02. The normalized spacial score (nSPS) is 16.6. The molecule has 0 fully saturated rings. The lowest BCUT2D eigenvalue weighted by atomic mass is 9.78. The van der Waals surface area contributed by atoms with E-state index in [1.165, 1.54) is 18.4 Å². The maximum atomic E-state index is 2.40. The molecule has 0 saturated heterocycles. The summed E-state index contributed by atoms with van der Waals surface area (Å²) in [4.78, 5) is 0. The van der Waals surface area contributed by atoms with Crippen LogP contribution in [0, 0.1) is 23.7 Å². The summed E-state index contributed by atoms with van der Waals surface area (Å²) in [6.07, 6.45) is 2.64. The van der Waals surface area contributed by atoms with Crippen LogP contribution >= 0.6 is 0 Å². The van der Waals surface area contributed by atoms with E-state index in [-0.39, 0.29) is 0 Å². The topological polar surface area (TPSA) is 0 Å². The summed E-state index contributed by atoms with van der Waals surface area (Å²) in [6, 6.07) is 11.1. The lowest BCUT2D eigenvalue weighted by Crippen LogP contribution is -2.15. The van der Waals surface area contributed by atoms with Gasteiger partial charge in [-0.15, -0.1) is 0 Å². The SMILES string of the molecule is CC(C)[C@H](C)CC(C[C@H](C)C(C)C)c1ccccc1. The first-order valence-corrected chi connectivity index (χ1v) is 7.96. The molecule has 0 heteroatoms. The van der Waals surface area contributed by atoms with Crippen molar-refractivity contribution in [2.75, 3.05) is 0 Å². The summed E-state index contributed by atoms with van der Waals surface area (Å²) in [5.41, 5.74) is 1.53. The van der Waals surface area contributed by atoms with Crippen molar-refractivity contribution in [1.82, 2.24) is 0 Å². The molecule has 0 aliphatic carbocycles. The van der Waals surface area contributed by atoms with Gasteiger partial charge in [-0.3, -0.25) is 0 Å². The zero-order valence-electron chi connectivity index (χ0n) is 13.7. The smallest absolute Gasteiger partial charge is 0.0157 e. The van der Waals surface area contributed by atoms with Gasteiger partial charge in [0, 0.05) is 0 Å². The Morgan fingerprint density at radius 1 is 0.684 bits per heavy atom. The van der Waals surface area contributed by atoms with E-state index in [4.69, 9.17) is 0 Å². The molecule has 19 heavy (non-hydrogen) atoms. The van der Waals surface area contributed by atoms with Crippen molar-refractivity contribution < 1.29 is 0 Å². The van der Waals surface area contributed by atoms with Crippen molar-refractivity contribution in [2.24, 2.45) is 23.7 Å². The van der Waals surface area contributed by atoms with Gasteiger partial charge in [-0.2, -0.15) is 0 Å². The second kappa shape index (κ2) is 7.72. The van der Waals surface area contributed by atoms with Crippen LogP contribution in [0.1, 0.15) is 65.9 Å². The van der Waals surface area contributed by atoms with Crippen LogP contribution in [0.5, 0.6) is 0 Å². The van der Waals surface area contributed by atoms with Gasteiger partial charge in [-0.05, 0) is 48.0 Å². The van der Waals surface area contributed by atoms with Crippen LogP contribution in [0.3, 0.4) is 0 Å². The fourth-order valence-electron chi connectivity index (χ4n) is 2.54. The summed E-state index contributed by atoms with van der Waals surface area (Å²) in [5, 5.41) is 0. The van der Waals surface area contributed by atoms with Gasteiger partial charge in [0.05, 0.1) is 0 Å². The van der Waals surface area contributed by atoms with Gasteiger partial charge < -0.3 is 0 Å². The molecule has 0 aliphatic heterocycles. The van der Waals surface area contributed by atoms with Gasteiger partial charge in [0.25, 0.3) is 0 Å². The van der Waals surface area contributed by atoms with Crippen LogP contribution in [-0.2, 0) is 0 Å². The Balaban J connectivity index is 2.79. The van der Waals surface area contributed by atoms with Gasteiger partial charge in [-0.1, -0.05) is 71.9 Å². The van der Waals surface area contributed by atoms with E-state index in [0.717, 1.165) is 29.6 Å². The van der Waals surface area contributed by atoms with Gasteiger partial charge in [0.2, 0.25) is 0 Å². The van der Waals surface area contributed by atoms with Crippen molar-refractivity contribution in [3.8, 4) is 0 Å². The van der Waals surface area contributed by atoms with Crippen molar-refractivity contribution in [3.63, 3.8) is 0 Å². The molecule has 0 N–H and O–H groups in total. The average Bonchev–Trinajstić information content (AvgIpc) is 2.38. The molecule has 0 amide bonds. The zero-order chi connectivity index (χ0) is 14.4. The first-order chi connectivity index (χ1) is 8.91. The minimum Gasteiger partial charge on any atom is -0.0625 e. The predicted octanol–water partition coefficient (Wildman–Crippen LogP) is 6.13. The predicted molar refractivity (Wildman–Crippen MR) is 86.4 cm³/mol. The molecule has 3 atom stereocenters. The van der Waals surface area contributed by atoms with Gasteiger partial charge >= 0.3 is 0 Å². The number of hydrogen-bond acceptors (Lipinski definition) is 0. The fraction of sp³-hybridized carbons (Fsp3) is 0.684. The molecule has 0 bridgehead atoms. The molecule has 1 unspecified atom stereocenters. The highest BCUT2D eigenvalue weighted by atomic mass is 14.3. The Labute approximate surface area is 120 Å². The van der Waals surface area contributed by atoms with E-state index < -0.39 is 0 Å². The van der Waals surface area contributed by atoms with Crippen LogP contribution in [-0.4, -0.2) is 0 Å². The largest absolute Gasteiger partial charge is 0.0625 e. The maximum absolute atomic E-state index is 2.40. The third kappa shape index (κ3) is 5.38. The minimum atomic E-state index is 0.719. The average molecular weight is 260 g/mol. The molecule has 1 aromatic rings. The second-order valence-electron chi connectivity index (χ2n) is 7.02. The van der Waals surface area contributed by atoms with Gasteiger partial charge in [0.1, 0.15) is 0 Å². The van der Waals surface area contributed by atoms with Crippen LogP contribution in [0.2, 0.25) is 0 Å². The van der Waals surface area contributed by atoms with Crippen molar-refractivity contribution in [3.05, 3.63) is 35.9 Å². The first-order valence-electron chi connectivity index (χ1n) is 7.96. The Morgan fingerprint density at radius 3 is 1.47 bits per heavy atom. The zero-order valence-corrected chi connectivity index (χ0v) is 13.7. The molecular weight excluding hydrogens is 228 g/mol. The lowest BCUT2D eigenvalue weighted by molar-refractivity contribution is 0.301. The number of rotatable bonds is 7. The van der Waals surface area contributed by atoms with Gasteiger partial charge in [-0.25, -0.2) is 0 Å². The summed E-state index contributed by atoms with van der Waals surface area (Å²) >= 11 is 0. The van der Waals surface area contributed by atoms with E-state index in [1.54, 1.807) is 0 Å². The third-order valence-electron chi connectivity index (χ3n) is 4.86. The molecule has 0 saturated carbocycles.